The number of nitrogens with zero attached hydrogens (tertiary/aromatic N) is 5. The highest BCUT2D eigenvalue weighted by Crippen LogP contribution is 2.24. The van der Waals surface area contributed by atoms with Crippen LogP contribution in [0.25, 0.3) is 0 Å². The number of rotatable bonds is 5. The van der Waals surface area contributed by atoms with Crippen LogP contribution in [0.1, 0.15) is 24.8 Å². The zero-order valence-electron chi connectivity index (χ0n) is 17.0. The highest BCUT2D eigenvalue weighted by atomic mass is 16.2. The van der Waals surface area contributed by atoms with E-state index in [2.05, 4.69) is 10.00 Å². The number of para-hydroxylation sites is 1. The van der Waals surface area contributed by atoms with Gasteiger partial charge >= 0.3 is 0 Å². The summed E-state index contributed by atoms with van der Waals surface area (Å²) in [6.45, 7) is 3.70. The van der Waals surface area contributed by atoms with Crippen LogP contribution in [-0.4, -0.2) is 70.2 Å². The molecule has 2 aliphatic heterocycles. The van der Waals surface area contributed by atoms with Gasteiger partial charge in [0.05, 0.1) is 12.2 Å². The predicted octanol–water partition coefficient (Wildman–Crippen LogP) is 1.69. The summed E-state index contributed by atoms with van der Waals surface area (Å²) in [6, 6.07) is 9.85. The number of carbonyl (C=O) groups is 2. The molecule has 0 saturated carbocycles. The van der Waals surface area contributed by atoms with Gasteiger partial charge in [-0.15, -0.1) is 0 Å². The summed E-state index contributed by atoms with van der Waals surface area (Å²) in [5.74, 6) is 0.383. The Morgan fingerprint density at radius 2 is 1.86 bits per heavy atom. The molecule has 2 aromatic rings. The number of carbonyl (C=O) groups excluding carboxylic acids is 2. The number of piperidine rings is 1. The maximum Gasteiger partial charge on any atom is 0.244 e. The van der Waals surface area contributed by atoms with Gasteiger partial charge in [-0.1, -0.05) is 18.2 Å². The van der Waals surface area contributed by atoms with Crippen LogP contribution in [0.3, 0.4) is 0 Å². The smallest absolute Gasteiger partial charge is 0.244 e. The molecule has 1 aromatic heterocycles. The summed E-state index contributed by atoms with van der Waals surface area (Å²) in [6.07, 6.45) is 6.92. The molecule has 7 nitrogen and oxygen atoms in total. The first kappa shape index (κ1) is 19.6. The molecule has 1 aromatic carbocycles. The van der Waals surface area contributed by atoms with Gasteiger partial charge in [-0.25, -0.2) is 0 Å². The van der Waals surface area contributed by atoms with Gasteiger partial charge in [0.2, 0.25) is 11.8 Å². The monoisotopic (exact) mass is 395 g/mol. The fourth-order valence-corrected chi connectivity index (χ4v) is 4.35. The van der Waals surface area contributed by atoms with E-state index in [4.69, 9.17) is 0 Å². The lowest BCUT2D eigenvalue weighted by molar-refractivity contribution is -0.134. The highest BCUT2D eigenvalue weighted by Gasteiger charge is 2.35. The fourth-order valence-electron chi connectivity index (χ4n) is 4.35. The van der Waals surface area contributed by atoms with Crippen molar-refractivity contribution in [1.82, 2.24) is 19.6 Å². The summed E-state index contributed by atoms with van der Waals surface area (Å²) >= 11 is 0. The molecule has 2 amide bonds. The van der Waals surface area contributed by atoms with Gasteiger partial charge < -0.3 is 9.80 Å². The Kier molecular flexibility index (Phi) is 5.94. The van der Waals surface area contributed by atoms with E-state index >= 15 is 0 Å². The van der Waals surface area contributed by atoms with Crippen molar-refractivity contribution in [2.45, 2.75) is 31.7 Å². The van der Waals surface area contributed by atoms with E-state index in [0.29, 0.717) is 19.5 Å². The lowest BCUT2D eigenvalue weighted by Crippen LogP contribution is -2.58. The molecule has 1 unspecified atom stereocenters. The maximum absolute atomic E-state index is 13.1. The first-order valence-corrected chi connectivity index (χ1v) is 10.5. The quantitative estimate of drug-likeness (QED) is 0.773. The molecule has 1 atom stereocenters. The average molecular weight is 396 g/mol. The van der Waals surface area contributed by atoms with Crippen LogP contribution >= 0.6 is 0 Å². The number of benzene rings is 1. The van der Waals surface area contributed by atoms with Crippen LogP contribution in [0.15, 0.2) is 42.7 Å². The third kappa shape index (κ3) is 4.50. The molecular formula is C22H29N5O2. The zero-order chi connectivity index (χ0) is 20.2. The van der Waals surface area contributed by atoms with Crippen molar-refractivity contribution >= 4 is 17.5 Å². The summed E-state index contributed by atoms with van der Waals surface area (Å²) < 4.78 is 1.76. The minimum Gasteiger partial charge on any atom is -0.340 e. The van der Waals surface area contributed by atoms with Gasteiger partial charge in [-0.2, -0.15) is 5.10 Å². The van der Waals surface area contributed by atoms with Crippen LogP contribution in [0.2, 0.25) is 0 Å². The van der Waals surface area contributed by atoms with E-state index in [1.165, 1.54) is 0 Å². The largest absolute Gasteiger partial charge is 0.340 e. The van der Waals surface area contributed by atoms with Crippen molar-refractivity contribution in [1.29, 1.82) is 0 Å². The van der Waals surface area contributed by atoms with E-state index in [0.717, 1.165) is 50.1 Å². The number of amides is 2. The van der Waals surface area contributed by atoms with Gasteiger partial charge in [0.1, 0.15) is 0 Å². The van der Waals surface area contributed by atoms with Gasteiger partial charge in [0.25, 0.3) is 0 Å². The molecule has 154 valence electrons. The molecule has 7 heteroatoms. The minimum atomic E-state index is -0.0726. The van der Waals surface area contributed by atoms with Crippen LogP contribution < -0.4 is 4.90 Å². The Bertz CT molecular complexity index is 842. The van der Waals surface area contributed by atoms with Crippen molar-refractivity contribution < 1.29 is 9.59 Å². The second-order valence-electron chi connectivity index (χ2n) is 7.92. The molecular weight excluding hydrogens is 366 g/mol. The van der Waals surface area contributed by atoms with Crippen molar-refractivity contribution in [3.8, 4) is 0 Å². The molecule has 0 spiro atoms. The van der Waals surface area contributed by atoms with Gasteiger partial charge in [0, 0.05) is 58.1 Å². The lowest BCUT2D eigenvalue weighted by atomic mass is 10.0. The Hall–Kier alpha value is -2.67. The van der Waals surface area contributed by atoms with Gasteiger partial charge in [-0.3, -0.25) is 19.2 Å². The topological polar surface area (TPSA) is 61.7 Å². The minimum absolute atomic E-state index is 0.0726. The molecule has 2 aliphatic rings. The zero-order valence-corrected chi connectivity index (χ0v) is 17.0. The van der Waals surface area contributed by atoms with Crippen LogP contribution in [0, 0.1) is 0 Å². The number of aryl methyl sites for hydroxylation is 2. The van der Waals surface area contributed by atoms with E-state index < -0.39 is 0 Å². The van der Waals surface area contributed by atoms with Crippen molar-refractivity contribution in [2.24, 2.45) is 7.05 Å². The molecule has 0 aliphatic carbocycles. The average Bonchev–Trinajstić information content (AvgIpc) is 3.18. The Morgan fingerprint density at radius 3 is 2.55 bits per heavy atom. The van der Waals surface area contributed by atoms with Crippen molar-refractivity contribution in [2.75, 3.05) is 37.6 Å². The van der Waals surface area contributed by atoms with Crippen molar-refractivity contribution in [3.05, 3.63) is 48.3 Å². The van der Waals surface area contributed by atoms with Crippen LogP contribution in [0.5, 0.6) is 0 Å². The molecule has 29 heavy (non-hydrogen) atoms. The molecule has 4 rings (SSSR count). The third-order valence-electron chi connectivity index (χ3n) is 5.97. The molecule has 3 heterocycles. The Balaban J connectivity index is 1.29. The highest BCUT2D eigenvalue weighted by molar-refractivity contribution is 5.97. The Morgan fingerprint density at radius 1 is 1.10 bits per heavy atom. The standard InChI is InChI=1S/C22H29N5O2/c1-24-17-18(16-23-24)9-10-21(28)26-14-12-25(13-15-26)20-8-5-11-27(22(20)29)19-6-3-2-4-7-19/h2-4,6-7,16-17,20H,5,8-15H2,1H3. The fraction of sp³-hybridized carbons (Fsp3) is 0.500. The molecule has 0 N–H and O–H groups in total. The van der Waals surface area contributed by atoms with E-state index in [9.17, 15) is 9.59 Å². The molecule has 2 fully saturated rings. The summed E-state index contributed by atoms with van der Waals surface area (Å²) in [5.41, 5.74) is 2.07. The SMILES string of the molecule is Cn1cc(CCC(=O)N2CCN(C3CCCN(c4ccccc4)C3=O)CC2)cn1. The first-order valence-electron chi connectivity index (χ1n) is 10.5. The first-order chi connectivity index (χ1) is 14.1. The Labute approximate surface area is 171 Å². The van der Waals surface area contributed by atoms with Crippen LogP contribution in [-0.2, 0) is 23.1 Å². The normalized spacial score (nSPS) is 20.9. The number of hydrogen-bond acceptors (Lipinski definition) is 4. The van der Waals surface area contributed by atoms with E-state index in [1.807, 2.05) is 59.6 Å². The second kappa shape index (κ2) is 8.78. The summed E-state index contributed by atoms with van der Waals surface area (Å²) in [5, 5.41) is 4.15. The second-order valence-corrected chi connectivity index (χ2v) is 7.92. The maximum atomic E-state index is 13.1. The number of aromatic nitrogens is 2. The van der Waals surface area contributed by atoms with Gasteiger partial charge in [-0.05, 0) is 37.0 Å². The lowest BCUT2D eigenvalue weighted by Gasteiger charge is -2.42. The molecule has 2 saturated heterocycles. The van der Waals surface area contributed by atoms with Crippen LogP contribution in [0.4, 0.5) is 5.69 Å². The predicted molar refractivity (Wildman–Crippen MR) is 111 cm³/mol. The number of hydrogen-bond donors (Lipinski definition) is 0. The van der Waals surface area contributed by atoms with Gasteiger partial charge in [0.15, 0.2) is 0 Å². The van der Waals surface area contributed by atoms with E-state index in [-0.39, 0.29) is 17.9 Å². The van der Waals surface area contributed by atoms with Crippen molar-refractivity contribution in [3.63, 3.8) is 0 Å². The number of anilines is 1. The summed E-state index contributed by atoms with van der Waals surface area (Å²) in [7, 11) is 1.88. The summed E-state index contributed by atoms with van der Waals surface area (Å²) in [4.78, 5) is 31.8. The third-order valence-corrected chi connectivity index (χ3v) is 5.97. The van der Waals surface area contributed by atoms with E-state index in [1.54, 1.807) is 4.68 Å². The molecule has 0 radical (unpaired) electrons. The number of piperazine rings is 1. The molecule has 0 bridgehead atoms.